The Morgan fingerprint density at radius 1 is 1.35 bits per heavy atom. The third-order valence-corrected chi connectivity index (χ3v) is 4.12. The van der Waals surface area contributed by atoms with Crippen molar-refractivity contribution in [3.8, 4) is 0 Å². The number of aromatic nitrogens is 2. The van der Waals surface area contributed by atoms with Crippen molar-refractivity contribution < 1.29 is 9.90 Å². The van der Waals surface area contributed by atoms with Gasteiger partial charge >= 0.3 is 11.7 Å². The molecule has 6 heteroatoms. The lowest BCUT2D eigenvalue weighted by atomic mass is 10.2. The fourth-order valence-electron chi connectivity index (χ4n) is 2.18. The summed E-state index contributed by atoms with van der Waals surface area (Å²) in [6.45, 7) is 2.51. The maximum absolute atomic E-state index is 12.0. The molecule has 0 saturated carbocycles. The number of thiophene rings is 1. The number of aromatic carboxylic acids is 1. The third kappa shape index (κ3) is 2.14. The Balaban J connectivity index is 2.09. The quantitative estimate of drug-likeness (QED) is 0.777. The Morgan fingerprint density at radius 2 is 2.15 bits per heavy atom. The number of carboxylic acid groups (broad SMARTS) is 1. The number of aryl methyl sites for hydroxylation is 1. The molecule has 2 N–H and O–H groups in total. The van der Waals surface area contributed by atoms with E-state index in [0.29, 0.717) is 17.6 Å². The van der Waals surface area contributed by atoms with Crippen LogP contribution < -0.4 is 5.69 Å². The molecular formula is C14H12N2O3S. The Morgan fingerprint density at radius 3 is 2.80 bits per heavy atom. The molecule has 0 fully saturated rings. The molecule has 0 aliphatic rings. The summed E-state index contributed by atoms with van der Waals surface area (Å²) in [5.41, 5.74) is 1.20. The van der Waals surface area contributed by atoms with Crippen LogP contribution in [0.5, 0.6) is 0 Å². The molecule has 3 aromatic rings. The highest BCUT2D eigenvalue weighted by Crippen LogP contribution is 2.19. The summed E-state index contributed by atoms with van der Waals surface area (Å²) in [6.07, 6.45) is 0. The maximum Gasteiger partial charge on any atom is 0.335 e. The highest BCUT2D eigenvalue weighted by molar-refractivity contribution is 7.11. The molecule has 0 bridgehead atoms. The third-order valence-electron chi connectivity index (χ3n) is 3.13. The minimum absolute atomic E-state index is 0.165. The first kappa shape index (κ1) is 12.7. The number of nitrogens with zero attached hydrogens (tertiary/aromatic N) is 1. The number of carbonyl (C=O) groups is 1. The van der Waals surface area contributed by atoms with Gasteiger partial charge in [0.25, 0.3) is 0 Å². The van der Waals surface area contributed by atoms with Crippen LogP contribution in [0.1, 0.15) is 20.1 Å². The molecule has 3 rings (SSSR count). The smallest absolute Gasteiger partial charge is 0.335 e. The van der Waals surface area contributed by atoms with E-state index in [4.69, 9.17) is 5.11 Å². The van der Waals surface area contributed by atoms with Crippen molar-refractivity contribution in [3.63, 3.8) is 0 Å². The topological polar surface area (TPSA) is 75.1 Å². The molecule has 102 valence electrons. The van der Waals surface area contributed by atoms with Gasteiger partial charge < -0.3 is 10.1 Å². The van der Waals surface area contributed by atoms with Crippen LogP contribution in [-0.2, 0) is 6.54 Å². The summed E-state index contributed by atoms with van der Waals surface area (Å²) in [6, 6.07) is 8.67. The van der Waals surface area contributed by atoms with Crippen molar-refractivity contribution in [2.45, 2.75) is 13.5 Å². The SMILES string of the molecule is Cc1ccc(Cn2c(=O)[nH]c3cc(C(=O)O)ccc32)s1. The fraction of sp³-hybridized carbons (Fsp3) is 0.143. The van der Waals surface area contributed by atoms with Crippen LogP contribution in [0.4, 0.5) is 0 Å². The summed E-state index contributed by atoms with van der Waals surface area (Å²) >= 11 is 1.64. The zero-order valence-corrected chi connectivity index (χ0v) is 11.5. The van der Waals surface area contributed by atoms with Gasteiger partial charge in [-0.25, -0.2) is 9.59 Å². The van der Waals surface area contributed by atoms with Gasteiger partial charge in [0.15, 0.2) is 0 Å². The molecule has 20 heavy (non-hydrogen) atoms. The number of H-pyrrole nitrogens is 1. The van der Waals surface area contributed by atoms with Crippen LogP contribution in [0.3, 0.4) is 0 Å². The maximum atomic E-state index is 12.0. The van der Waals surface area contributed by atoms with Crippen molar-refractivity contribution in [2.75, 3.05) is 0 Å². The summed E-state index contributed by atoms with van der Waals surface area (Å²) in [7, 11) is 0. The van der Waals surface area contributed by atoms with Crippen LogP contribution in [0.15, 0.2) is 35.1 Å². The Hall–Kier alpha value is -2.34. The summed E-state index contributed by atoms with van der Waals surface area (Å²) < 4.78 is 1.62. The van der Waals surface area contributed by atoms with Gasteiger partial charge in [-0.1, -0.05) is 0 Å². The Labute approximate surface area is 118 Å². The van der Waals surface area contributed by atoms with Gasteiger partial charge in [-0.15, -0.1) is 11.3 Å². The first-order valence-corrected chi connectivity index (χ1v) is 6.87. The highest BCUT2D eigenvalue weighted by atomic mass is 32.1. The molecule has 0 spiro atoms. The van der Waals surface area contributed by atoms with E-state index in [1.165, 1.54) is 17.0 Å². The van der Waals surface area contributed by atoms with Gasteiger partial charge in [0.2, 0.25) is 0 Å². The number of rotatable bonds is 3. The first-order valence-electron chi connectivity index (χ1n) is 6.06. The Bertz CT molecular complexity index is 857. The van der Waals surface area contributed by atoms with Crippen molar-refractivity contribution in [3.05, 3.63) is 56.1 Å². The molecule has 0 aliphatic carbocycles. The number of hydrogen-bond donors (Lipinski definition) is 2. The van der Waals surface area contributed by atoms with E-state index in [0.717, 1.165) is 4.88 Å². The number of imidazole rings is 1. The number of aromatic amines is 1. The molecule has 5 nitrogen and oxygen atoms in total. The van der Waals surface area contributed by atoms with Crippen molar-refractivity contribution in [2.24, 2.45) is 0 Å². The molecular weight excluding hydrogens is 276 g/mol. The second kappa shape index (κ2) is 4.64. The van der Waals surface area contributed by atoms with Gasteiger partial charge in [-0.2, -0.15) is 0 Å². The molecule has 0 radical (unpaired) electrons. The number of nitrogens with one attached hydrogen (secondary N) is 1. The molecule has 2 heterocycles. The number of hydrogen-bond acceptors (Lipinski definition) is 3. The number of benzene rings is 1. The van der Waals surface area contributed by atoms with Crippen molar-refractivity contribution in [1.82, 2.24) is 9.55 Å². The molecule has 1 aromatic carbocycles. The zero-order chi connectivity index (χ0) is 14.3. The fourth-order valence-corrected chi connectivity index (χ4v) is 3.06. The molecule has 2 aromatic heterocycles. The summed E-state index contributed by atoms with van der Waals surface area (Å²) in [5.74, 6) is -1.01. The number of carboxylic acids is 1. The molecule has 0 aliphatic heterocycles. The predicted octanol–water partition coefficient (Wildman–Crippen LogP) is 2.45. The van der Waals surface area contributed by atoms with E-state index in [9.17, 15) is 9.59 Å². The van der Waals surface area contributed by atoms with E-state index in [2.05, 4.69) is 4.98 Å². The van der Waals surface area contributed by atoms with Crippen molar-refractivity contribution >= 4 is 28.3 Å². The lowest BCUT2D eigenvalue weighted by molar-refractivity contribution is 0.0697. The van der Waals surface area contributed by atoms with Crippen molar-refractivity contribution in [1.29, 1.82) is 0 Å². The normalized spacial score (nSPS) is 11.1. The van der Waals surface area contributed by atoms with Gasteiger partial charge in [0.1, 0.15) is 0 Å². The Kier molecular flexibility index (Phi) is 2.94. The molecule has 0 saturated heterocycles. The lowest BCUT2D eigenvalue weighted by Crippen LogP contribution is -2.16. The van der Waals surface area contributed by atoms with Crippen LogP contribution >= 0.6 is 11.3 Å². The average molecular weight is 288 g/mol. The first-order chi connectivity index (χ1) is 9.54. The van der Waals surface area contributed by atoms with E-state index in [1.807, 2.05) is 19.1 Å². The highest BCUT2D eigenvalue weighted by Gasteiger charge is 2.11. The van der Waals surface area contributed by atoms with Gasteiger partial charge in [-0.05, 0) is 37.3 Å². The van der Waals surface area contributed by atoms with Gasteiger partial charge in [0.05, 0.1) is 23.1 Å². The van der Waals surface area contributed by atoms with Crippen LogP contribution in [-0.4, -0.2) is 20.6 Å². The van der Waals surface area contributed by atoms with Gasteiger partial charge in [-0.3, -0.25) is 4.57 Å². The van der Waals surface area contributed by atoms with Crippen LogP contribution in [0.25, 0.3) is 11.0 Å². The molecule has 0 amide bonds. The van der Waals surface area contributed by atoms with E-state index < -0.39 is 5.97 Å². The largest absolute Gasteiger partial charge is 0.478 e. The van der Waals surface area contributed by atoms with Crippen LogP contribution in [0, 0.1) is 6.92 Å². The van der Waals surface area contributed by atoms with Crippen LogP contribution in [0.2, 0.25) is 0 Å². The standard InChI is InChI=1S/C14H12N2O3S/c1-8-2-4-10(20-8)7-16-12-5-3-9(13(17)18)6-11(12)15-14(16)19/h2-6H,7H2,1H3,(H,15,19)(H,17,18). The summed E-state index contributed by atoms with van der Waals surface area (Å²) in [4.78, 5) is 27.9. The van der Waals surface area contributed by atoms with Gasteiger partial charge in [0, 0.05) is 9.75 Å². The minimum Gasteiger partial charge on any atom is -0.478 e. The second-order valence-corrected chi connectivity index (χ2v) is 5.94. The van der Waals surface area contributed by atoms with E-state index in [-0.39, 0.29) is 11.3 Å². The molecule has 0 atom stereocenters. The zero-order valence-electron chi connectivity index (χ0n) is 10.7. The monoisotopic (exact) mass is 288 g/mol. The summed E-state index contributed by atoms with van der Waals surface area (Å²) in [5, 5.41) is 8.96. The second-order valence-electron chi connectivity index (χ2n) is 4.57. The predicted molar refractivity (Wildman–Crippen MR) is 77.7 cm³/mol. The number of fused-ring (bicyclic) bond motifs is 1. The van der Waals surface area contributed by atoms with E-state index in [1.54, 1.807) is 22.0 Å². The van der Waals surface area contributed by atoms with E-state index >= 15 is 0 Å². The average Bonchev–Trinajstić information content (AvgIpc) is 2.94. The lowest BCUT2D eigenvalue weighted by Gasteiger charge is -2.01. The molecule has 0 unspecified atom stereocenters. The minimum atomic E-state index is -1.01.